The molecule has 0 spiro atoms. The largest absolute Gasteiger partial charge is 0.358 e. The second-order valence-electron chi connectivity index (χ2n) is 7.29. The zero-order valence-electron chi connectivity index (χ0n) is 14.8. The number of amides is 3. The fourth-order valence-electron chi connectivity index (χ4n) is 4.09. The molecule has 2 aromatic rings. The summed E-state index contributed by atoms with van der Waals surface area (Å²) in [6.45, 7) is 3.69. The zero-order valence-corrected chi connectivity index (χ0v) is 15.5. The van der Waals surface area contributed by atoms with E-state index >= 15 is 0 Å². The van der Waals surface area contributed by atoms with Gasteiger partial charge in [-0.1, -0.05) is 11.6 Å². The van der Waals surface area contributed by atoms with Gasteiger partial charge >= 0.3 is 6.03 Å². The number of piperidine rings is 1. The van der Waals surface area contributed by atoms with Crippen LogP contribution >= 0.6 is 11.6 Å². The SMILES string of the molecule is Cc1[nH]c2ccc(Cl)cc2c1CCNC(=O)N1C[C@@H]2CC[C@H](C1)C(=O)N2. The lowest BCUT2D eigenvalue weighted by Gasteiger charge is -2.23. The maximum Gasteiger partial charge on any atom is 0.317 e. The Morgan fingerprint density at radius 1 is 1.35 bits per heavy atom. The number of nitrogens with one attached hydrogen (secondary N) is 3. The Balaban J connectivity index is 1.39. The van der Waals surface area contributed by atoms with Crippen LogP contribution in [0.2, 0.25) is 5.02 Å². The molecule has 1 aromatic heterocycles. The van der Waals surface area contributed by atoms with Crippen LogP contribution in [0.25, 0.3) is 10.9 Å². The molecule has 3 aliphatic heterocycles. The molecule has 138 valence electrons. The van der Waals surface area contributed by atoms with Crippen LogP contribution in [0.15, 0.2) is 18.2 Å². The first kappa shape index (κ1) is 17.2. The second-order valence-corrected chi connectivity index (χ2v) is 7.72. The Kier molecular flexibility index (Phi) is 4.53. The third-order valence-electron chi connectivity index (χ3n) is 5.48. The number of carbonyl (C=O) groups excluding carboxylic acids is 2. The lowest BCUT2D eigenvalue weighted by Crippen LogP contribution is -2.45. The number of H-pyrrole nitrogens is 1. The van der Waals surface area contributed by atoms with Crippen LogP contribution in [0.5, 0.6) is 0 Å². The Morgan fingerprint density at radius 2 is 2.19 bits per heavy atom. The number of halogens is 1. The van der Waals surface area contributed by atoms with Gasteiger partial charge in [0.15, 0.2) is 0 Å². The molecule has 6 nitrogen and oxygen atoms in total. The lowest BCUT2D eigenvalue weighted by atomic mass is 9.96. The van der Waals surface area contributed by atoms with E-state index in [9.17, 15) is 9.59 Å². The van der Waals surface area contributed by atoms with Crippen LogP contribution in [0.3, 0.4) is 0 Å². The van der Waals surface area contributed by atoms with E-state index < -0.39 is 0 Å². The molecule has 0 radical (unpaired) electrons. The van der Waals surface area contributed by atoms with Crippen LogP contribution in [-0.2, 0) is 11.2 Å². The van der Waals surface area contributed by atoms with Crippen LogP contribution in [0.1, 0.15) is 24.1 Å². The molecule has 3 N–H and O–H groups in total. The van der Waals surface area contributed by atoms with Gasteiger partial charge in [0.05, 0.1) is 5.92 Å². The fraction of sp³-hybridized carbons (Fsp3) is 0.474. The van der Waals surface area contributed by atoms with Crippen LogP contribution in [0, 0.1) is 12.8 Å². The molecule has 26 heavy (non-hydrogen) atoms. The van der Waals surface area contributed by atoms with Gasteiger partial charge in [-0.15, -0.1) is 0 Å². The highest BCUT2D eigenvalue weighted by Gasteiger charge is 2.36. The standard InChI is InChI=1S/C19H23ClN4O2/c1-11-15(16-8-13(20)3-5-17(16)22-11)6-7-21-19(26)24-9-12-2-4-14(10-24)23-18(12)25/h3,5,8,12,14,22H,2,4,6-7,9-10H2,1H3,(H,21,26)(H,23,25)/t12-,14+/m1/s1. The molecule has 2 bridgehead atoms. The lowest BCUT2D eigenvalue weighted by molar-refractivity contribution is -0.126. The van der Waals surface area contributed by atoms with E-state index in [0.29, 0.717) is 24.7 Å². The number of benzene rings is 1. The molecule has 3 aliphatic rings. The van der Waals surface area contributed by atoms with Gasteiger partial charge in [-0.2, -0.15) is 0 Å². The summed E-state index contributed by atoms with van der Waals surface area (Å²) < 4.78 is 0. The Bertz CT molecular complexity index is 863. The first-order chi connectivity index (χ1) is 12.5. The Labute approximate surface area is 157 Å². The van der Waals surface area contributed by atoms with Crippen molar-refractivity contribution < 1.29 is 9.59 Å². The van der Waals surface area contributed by atoms with Crippen LogP contribution in [-0.4, -0.2) is 47.5 Å². The third-order valence-corrected chi connectivity index (χ3v) is 5.72. The summed E-state index contributed by atoms with van der Waals surface area (Å²) in [5.41, 5.74) is 3.33. The normalized spacial score (nSPS) is 22.4. The average Bonchev–Trinajstić information content (AvgIpc) is 2.77. The number of aryl methyl sites for hydroxylation is 1. The van der Waals surface area contributed by atoms with Gasteiger partial charge in [0.2, 0.25) is 5.91 Å². The molecule has 0 unspecified atom stereocenters. The predicted octanol–water partition coefficient (Wildman–Crippen LogP) is 2.59. The number of aromatic amines is 1. The van der Waals surface area contributed by atoms with Gasteiger partial charge in [0, 0.05) is 47.3 Å². The van der Waals surface area contributed by atoms with E-state index in [4.69, 9.17) is 11.6 Å². The van der Waals surface area contributed by atoms with E-state index in [0.717, 1.165) is 35.9 Å². The number of rotatable bonds is 3. The second kappa shape index (κ2) is 6.83. The third kappa shape index (κ3) is 3.26. The van der Waals surface area contributed by atoms with Crippen molar-refractivity contribution in [3.63, 3.8) is 0 Å². The molecule has 3 saturated heterocycles. The molecule has 0 aliphatic carbocycles. The van der Waals surface area contributed by atoms with E-state index in [1.54, 1.807) is 4.90 Å². The molecule has 5 rings (SSSR count). The fourth-order valence-corrected chi connectivity index (χ4v) is 4.26. The molecule has 3 fully saturated rings. The van der Waals surface area contributed by atoms with Crippen molar-refractivity contribution in [3.05, 3.63) is 34.5 Å². The molecular weight excluding hydrogens is 352 g/mol. The van der Waals surface area contributed by atoms with Gasteiger partial charge in [0.1, 0.15) is 0 Å². The van der Waals surface area contributed by atoms with Gasteiger partial charge in [-0.25, -0.2) is 4.79 Å². The number of aromatic nitrogens is 1. The minimum atomic E-state index is -0.0890. The van der Waals surface area contributed by atoms with E-state index in [2.05, 4.69) is 15.6 Å². The van der Waals surface area contributed by atoms with Crippen molar-refractivity contribution in [1.29, 1.82) is 0 Å². The van der Waals surface area contributed by atoms with Gasteiger partial charge in [-0.05, 0) is 49.9 Å². The summed E-state index contributed by atoms with van der Waals surface area (Å²) in [6, 6.07) is 5.80. The van der Waals surface area contributed by atoms with E-state index in [1.165, 1.54) is 5.56 Å². The highest BCUT2D eigenvalue weighted by molar-refractivity contribution is 6.31. The maximum absolute atomic E-state index is 12.6. The number of carbonyl (C=O) groups is 2. The quantitative estimate of drug-likeness (QED) is 0.772. The predicted molar refractivity (Wildman–Crippen MR) is 101 cm³/mol. The Hall–Kier alpha value is -2.21. The number of nitrogens with zero attached hydrogens (tertiary/aromatic N) is 1. The average molecular weight is 375 g/mol. The molecule has 0 saturated carbocycles. The summed E-state index contributed by atoms with van der Waals surface area (Å²) in [5, 5.41) is 7.82. The summed E-state index contributed by atoms with van der Waals surface area (Å²) in [6.07, 6.45) is 2.56. The van der Waals surface area contributed by atoms with Gasteiger partial charge in [0.25, 0.3) is 0 Å². The minimum Gasteiger partial charge on any atom is -0.358 e. The number of fused-ring (bicyclic) bond motifs is 5. The van der Waals surface area contributed by atoms with Crippen molar-refractivity contribution in [2.45, 2.75) is 32.2 Å². The van der Waals surface area contributed by atoms with E-state index in [-0.39, 0.29) is 23.9 Å². The summed E-state index contributed by atoms with van der Waals surface area (Å²) in [4.78, 5) is 29.6. The minimum absolute atomic E-state index is 0.0718. The molecule has 7 heteroatoms. The summed E-state index contributed by atoms with van der Waals surface area (Å²) in [5.74, 6) is 0.0142. The molecular formula is C19H23ClN4O2. The Morgan fingerprint density at radius 3 is 3.00 bits per heavy atom. The topological polar surface area (TPSA) is 77.2 Å². The highest BCUT2D eigenvalue weighted by Crippen LogP contribution is 2.26. The molecule has 2 atom stereocenters. The van der Waals surface area contributed by atoms with Crippen molar-refractivity contribution >= 4 is 34.4 Å². The van der Waals surface area contributed by atoms with Gasteiger partial charge < -0.3 is 20.5 Å². The molecule has 4 heterocycles. The molecule has 3 amide bonds. The van der Waals surface area contributed by atoms with Crippen molar-refractivity contribution in [2.24, 2.45) is 5.92 Å². The number of hydrogen-bond acceptors (Lipinski definition) is 2. The monoisotopic (exact) mass is 374 g/mol. The first-order valence-electron chi connectivity index (χ1n) is 9.11. The van der Waals surface area contributed by atoms with Crippen molar-refractivity contribution in [1.82, 2.24) is 20.5 Å². The smallest absolute Gasteiger partial charge is 0.317 e. The number of hydrogen-bond donors (Lipinski definition) is 3. The highest BCUT2D eigenvalue weighted by atomic mass is 35.5. The first-order valence-corrected chi connectivity index (χ1v) is 9.49. The summed E-state index contributed by atoms with van der Waals surface area (Å²) >= 11 is 6.12. The maximum atomic E-state index is 12.6. The number of urea groups is 1. The van der Waals surface area contributed by atoms with Crippen LogP contribution < -0.4 is 10.6 Å². The van der Waals surface area contributed by atoms with Gasteiger partial charge in [-0.3, -0.25) is 4.79 Å². The van der Waals surface area contributed by atoms with Crippen molar-refractivity contribution in [2.75, 3.05) is 19.6 Å². The zero-order chi connectivity index (χ0) is 18.3. The summed E-state index contributed by atoms with van der Waals surface area (Å²) in [7, 11) is 0. The van der Waals surface area contributed by atoms with Crippen molar-refractivity contribution in [3.8, 4) is 0 Å². The van der Waals surface area contributed by atoms with Crippen LogP contribution in [0.4, 0.5) is 4.79 Å². The molecule has 1 aromatic carbocycles. The van der Waals surface area contributed by atoms with E-state index in [1.807, 2.05) is 25.1 Å².